The lowest BCUT2D eigenvalue weighted by molar-refractivity contribution is 0.869. The number of hydrogen-bond acceptors (Lipinski definition) is 0. The molecule has 0 atom stereocenters. The highest BCUT2D eigenvalue weighted by Crippen LogP contribution is 2.35. The molecule has 0 spiro atoms. The van der Waals surface area contributed by atoms with Crippen molar-refractivity contribution in [1.29, 1.82) is 0 Å². The van der Waals surface area contributed by atoms with Crippen LogP contribution in [-0.2, 0) is 6.54 Å². The molecule has 0 fully saturated rings. The standard InChI is InChI=1S/C33H25N/c1-2-24-13-15-25(16-14-24)23-34-32-19-17-28(26-9-5-3-6-10-26)21-30(32)31-22-29(18-20-33(31)34)27-11-7-4-8-12-27/h2-22H,1,23H2. The number of nitrogens with zero attached hydrogens (tertiary/aromatic N) is 1. The minimum Gasteiger partial charge on any atom is -0.336 e. The number of rotatable bonds is 5. The molecule has 0 amide bonds. The van der Waals surface area contributed by atoms with E-state index in [4.69, 9.17) is 0 Å². The zero-order chi connectivity index (χ0) is 22.9. The summed E-state index contributed by atoms with van der Waals surface area (Å²) in [7, 11) is 0. The average molecular weight is 436 g/mol. The number of aromatic nitrogens is 1. The van der Waals surface area contributed by atoms with Crippen molar-refractivity contribution >= 4 is 27.9 Å². The third-order valence-corrected chi connectivity index (χ3v) is 6.64. The van der Waals surface area contributed by atoms with E-state index in [1.165, 1.54) is 49.6 Å². The van der Waals surface area contributed by atoms with Crippen molar-refractivity contribution < 1.29 is 0 Å². The molecule has 5 aromatic carbocycles. The highest BCUT2D eigenvalue weighted by molar-refractivity contribution is 6.10. The van der Waals surface area contributed by atoms with Gasteiger partial charge >= 0.3 is 0 Å². The van der Waals surface area contributed by atoms with E-state index in [2.05, 4.69) is 132 Å². The maximum Gasteiger partial charge on any atom is 0.0494 e. The van der Waals surface area contributed by atoms with Crippen molar-refractivity contribution in [2.75, 3.05) is 0 Å². The average Bonchev–Trinajstić information content (AvgIpc) is 3.22. The van der Waals surface area contributed by atoms with Gasteiger partial charge in [0.1, 0.15) is 0 Å². The van der Waals surface area contributed by atoms with E-state index in [0.29, 0.717) is 0 Å². The van der Waals surface area contributed by atoms with Gasteiger partial charge in [0.05, 0.1) is 0 Å². The van der Waals surface area contributed by atoms with Gasteiger partial charge in [-0.25, -0.2) is 0 Å². The van der Waals surface area contributed by atoms with Crippen molar-refractivity contribution in [3.63, 3.8) is 0 Å². The molecule has 0 aliphatic carbocycles. The Balaban J connectivity index is 1.56. The lowest BCUT2D eigenvalue weighted by Crippen LogP contribution is -1.99. The van der Waals surface area contributed by atoms with E-state index in [-0.39, 0.29) is 0 Å². The van der Waals surface area contributed by atoms with Crippen LogP contribution in [0.25, 0.3) is 50.1 Å². The van der Waals surface area contributed by atoms with Crippen LogP contribution < -0.4 is 0 Å². The SMILES string of the molecule is C=Cc1ccc(Cn2c3ccc(-c4ccccc4)cc3c3cc(-c4ccccc4)ccc32)cc1. The van der Waals surface area contributed by atoms with Gasteiger partial charge in [-0.15, -0.1) is 0 Å². The predicted molar refractivity (Wildman–Crippen MR) is 146 cm³/mol. The Hall–Kier alpha value is -4.36. The second-order valence-electron chi connectivity index (χ2n) is 8.73. The van der Waals surface area contributed by atoms with E-state index >= 15 is 0 Å². The Morgan fingerprint density at radius 1 is 0.529 bits per heavy atom. The fraction of sp³-hybridized carbons (Fsp3) is 0.0303. The number of fused-ring (bicyclic) bond motifs is 3. The van der Waals surface area contributed by atoms with E-state index < -0.39 is 0 Å². The van der Waals surface area contributed by atoms with Crippen molar-refractivity contribution in [3.05, 3.63) is 139 Å². The Kier molecular flexibility index (Phi) is 5.08. The van der Waals surface area contributed by atoms with Crippen molar-refractivity contribution in [2.24, 2.45) is 0 Å². The maximum atomic E-state index is 3.88. The Bertz CT molecular complexity index is 1510. The van der Waals surface area contributed by atoms with E-state index in [0.717, 1.165) is 12.1 Å². The normalized spacial score (nSPS) is 11.2. The quantitative estimate of drug-likeness (QED) is 0.255. The summed E-state index contributed by atoms with van der Waals surface area (Å²) in [5.41, 5.74) is 9.91. The van der Waals surface area contributed by atoms with Crippen LogP contribution in [-0.4, -0.2) is 4.57 Å². The molecule has 0 aliphatic heterocycles. The second-order valence-corrected chi connectivity index (χ2v) is 8.73. The fourth-order valence-corrected chi connectivity index (χ4v) is 4.84. The van der Waals surface area contributed by atoms with Crippen LogP contribution in [0.15, 0.2) is 128 Å². The van der Waals surface area contributed by atoms with Gasteiger partial charge in [-0.1, -0.05) is 110 Å². The minimum atomic E-state index is 0.826. The molecule has 0 N–H and O–H groups in total. The smallest absolute Gasteiger partial charge is 0.0494 e. The molecule has 0 aliphatic rings. The molecule has 0 bridgehead atoms. The monoisotopic (exact) mass is 435 g/mol. The molecule has 1 heteroatoms. The largest absolute Gasteiger partial charge is 0.336 e. The van der Waals surface area contributed by atoms with E-state index in [9.17, 15) is 0 Å². The lowest BCUT2D eigenvalue weighted by Gasteiger charge is -2.09. The van der Waals surface area contributed by atoms with Crippen molar-refractivity contribution in [3.8, 4) is 22.3 Å². The highest BCUT2D eigenvalue weighted by Gasteiger charge is 2.13. The highest BCUT2D eigenvalue weighted by atomic mass is 15.0. The Morgan fingerprint density at radius 3 is 1.50 bits per heavy atom. The maximum absolute atomic E-state index is 3.88. The molecule has 1 nitrogen and oxygen atoms in total. The first-order valence-corrected chi connectivity index (χ1v) is 11.7. The Labute approximate surface area is 200 Å². The van der Waals surface area contributed by atoms with Crippen LogP contribution in [0.4, 0.5) is 0 Å². The van der Waals surface area contributed by atoms with Gasteiger partial charge < -0.3 is 4.57 Å². The summed E-state index contributed by atoms with van der Waals surface area (Å²) in [6.45, 7) is 4.71. The molecular weight excluding hydrogens is 410 g/mol. The molecule has 0 unspecified atom stereocenters. The first kappa shape index (κ1) is 20.3. The van der Waals surface area contributed by atoms with E-state index in [1.807, 2.05) is 6.08 Å². The molecule has 0 radical (unpaired) electrons. The molecule has 0 saturated heterocycles. The van der Waals surface area contributed by atoms with Gasteiger partial charge in [-0.2, -0.15) is 0 Å². The minimum absolute atomic E-state index is 0.826. The topological polar surface area (TPSA) is 4.93 Å². The van der Waals surface area contributed by atoms with Gasteiger partial charge in [-0.05, 0) is 57.6 Å². The van der Waals surface area contributed by atoms with Gasteiger partial charge in [0.2, 0.25) is 0 Å². The number of benzene rings is 5. The molecule has 6 rings (SSSR count). The second kappa shape index (κ2) is 8.53. The molecule has 162 valence electrons. The fourth-order valence-electron chi connectivity index (χ4n) is 4.84. The summed E-state index contributed by atoms with van der Waals surface area (Å²) in [5, 5.41) is 2.58. The van der Waals surface area contributed by atoms with Crippen LogP contribution in [0.1, 0.15) is 11.1 Å². The third-order valence-electron chi connectivity index (χ3n) is 6.64. The van der Waals surface area contributed by atoms with Crippen molar-refractivity contribution in [2.45, 2.75) is 6.54 Å². The summed E-state index contributed by atoms with van der Waals surface area (Å²) < 4.78 is 2.44. The molecule has 1 aromatic heterocycles. The van der Waals surface area contributed by atoms with Crippen LogP contribution >= 0.6 is 0 Å². The molecule has 6 aromatic rings. The molecular formula is C33H25N. The predicted octanol–water partition coefficient (Wildman–Crippen LogP) is 8.82. The molecule has 0 saturated carbocycles. The number of hydrogen-bond donors (Lipinski definition) is 0. The van der Waals surface area contributed by atoms with Crippen LogP contribution in [0, 0.1) is 0 Å². The summed E-state index contributed by atoms with van der Waals surface area (Å²) in [4.78, 5) is 0. The van der Waals surface area contributed by atoms with E-state index in [1.54, 1.807) is 0 Å². The summed E-state index contributed by atoms with van der Waals surface area (Å²) in [5.74, 6) is 0. The van der Waals surface area contributed by atoms with Crippen LogP contribution in [0.2, 0.25) is 0 Å². The zero-order valence-corrected chi connectivity index (χ0v) is 19.0. The molecule has 1 heterocycles. The summed E-state index contributed by atoms with van der Waals surface area (Å²) in [6, 6.07) is 43.6. The summed E-state index contributed by atoms with van der Waals surface area (Å²) in [6.07, 6.45) is 1.89. The zero-order valence-electron chi connectivity index (χ0n) is 19.0. The van der Waals surface area contributed by atoms with Gasteiger partial charge in [0.15, 0.2) is 0 Å². The van der Waals surface area contributed by atoms with Gasteiger partial charge in [0.25, 0.3) is 0 Å². The summed E-state index contributed by atoms with van der Waals surface area (Å²) >= 11 is 0. The van der Waals surface area contributed by atoms with Crippen LogP contribution in [0.3, 0.4) is 0 Å². The Morgan fingerprint density at radius 2 is 1.03 bits per heavy atom. The van der Waals surface area contributed by atoms with Gasteiger partial charge in [0, 0.05) is 28.4 Å². The lowest BCUT2D eigenvalue weighted by atomic mass is 10.0. The van der Waals surface area contributed by atoms with Gasteiger partial charge in [-0.3, -0.25) is 0 Å². The first-order chi connectivity index (χ1) is 16.8. The molecule has 34 heavy (non-hydrogen) atoms. The first-order valence-electron chi connectivity index (χ1n) is 11.7. The third kappa shape index (κ3) is 3.62. The van der Waals surface area contributed by atoms with Crippen LogP contribution in [0.5, 0.6) is 0 Å². The van der Waals surface area contributed by atoms with Crippen molar-refractivity contribution in [1.82, 2.24) is 4.57 Å².